The third kappa shape index (κ3) is 6.38. The molecule has 0 radical (unpaired) electrons. The van der Waals surface area contributed by atoms with E-state index in [1.54, 1.807) is 47.0 Å². The lowest BCUT2D eigenvalue weighted by Crippen LogP contribution is -2.44. The molecule has 0 atom stereocenters. The highest BCUT2D eigenvalue weighted by Gasteiger charge is 2.29. The molecule has 0 amide bonds. The molecule has 1 aromatic carbocycles. The van der Waals surface area contributed by atoms with Crippen molar-refractivity contribution in [1.82, 2.24) is 19.9 Å². The maximum absolute atomic E-state index is 12.7. The van der Waals surface area contributed by atoms with Crippen LogP contribution in [-0.4, -0.2) is 50.3 Å². The van der Waals surface area contributed by atoms with E-state index < -0.39 is 10.0 Å². The van der Waals surface area contributed by atoms with Crippen molar-refractivity contribution >= 4 is 51.3 Å². The van der Waals surface area contributed by atoms with Gasteiger partial charge in [0.1, 0.15) is 5.01 Å². The van der Waals surface area contributed by atoms with E-state index in [0.717, 1.165) is 36.0 Å². The van der Waals surface area contributed by atoms with E-state index in [-0.39, 0.29) is 24.0 Å². The molecular formula is C20H30IN5O2S2. The van der Waals surface area contributed by atoms with Crippen LogP contribution in [0.25, 0.3) is 0 Å². The second-order valence-electron chi connectivity index (χ2n) is 7.22. The van der Waals surface area contributed by atoms with Crippen LogP contribution in [0, 0.1) is 19.8 Å². The molecular weight excluding hydrogens is 533 g/mol. The van der Waals surface area contributed by atoms with E-state index in [0.29, 0.717) is 30.4 Å². The van der Waals surface area contributed by atoms with E-state index >= 15 is 0 Å². The van der Waals surface area contributed by atoms with Crippen LogP contribution in [0.3, 0.4) is 0 Å². The summed E-state index contributed by atoms with van der Waals surface area (Å²) in [7, 11) is -1.64. The minimum Gasteiger partial charge on any atom is -0.356 e. The summed E-state index contributed by atoms with van der Waals surface area (Å²) in [4.78, 5) is 10.4. The number of sulfonamides is 1. The summed E-state index contributed by atoms with van der Waals surface area (Å²) in [5.74, 6) is 1.16. The van der Waals surface area contributed by atoms with Crippen LogP contribution in [0.15, 0.2) is 40.2 Å². The number of aryl methyl sites for hydroxylation is 2. The molecule has 0 saturated carbocycles. The van der Waals surface area contributed by atoms with Gasteiger partial charge in [-0.15, -0.1) is 35.3 Å². The normalized spacial score (nSPS) is 16.2. The smallest absolute Gasteiger partial charge is 0.243 e. The van der Waals surface area contributed by atoms with Gasteiger partial charge in [-0.05, 0) is 44.7 Å². The number of nitrogens with zero attached hydrogens (tertiary/aromatic N) is 3. The van der Waals surface area contributed by atoms with Crippen molar-refractivity contribution in [2.24, 2.45) is 10.9 Å². The number of benzene rings is 1. The van der Waals surface area contributed by atoms with Crippen molar-refractivity contribution in [3.8, 4) is 0 Å². The molecule has 0 spiro atoms. The molecule has 30 heavy (non-hydrogen) atoms. The van der Waals surface area contributed by atoms with Gasteiger partial charge in [0.05, 0.1) is 17.1 Å². The van der Waals surface area contributed by atoms with E-state index in [1.807, 2.05) is 13.0 Å². The predicted octanol–water partition coefficient (Wildman–Crippen LogP) is 3.14. The highest BCUT2D eigenvalue weighted by molar-refractivity contribution is 14.0. The molecule has 2 N–H and O–H groups in total. The molecule has 0 bridgehead atoms. The Kier molecular flexibility index (Phi) is 9.51. The Morgan fingerprint density at radius 3 is 2.43 bits per heavy atom. The third-order valence-corrected chi connectivity index (χ3v) is 8.20. The minimum atomic E-state index is -3.39. The lowest BCUT2D eigenvalue weighted by Gasteiger charge is -2.31. The average molecular weight is 564 g/mol. The molecule has 1 saturated heterocycles. The fourth-order valence-electron chi connectivity index (χ4n) is 3.33. The minimum absolute atomic E-state index is 0. The molecule has 10 heteroatoms. The quantitative estimate of drug-likeness (QED) is 0.321. The monoisotopic (exact) mass is 563 g/mol. The lowest BCUT2D eigenvalue weighted by molar-refractivity contribution is 0.273. The summed E-state index contributed by atoms with van der Waals surface area (Å²) < 4.78 is 27.1. The standard InChI is InChI=1S/C20H29N5O2S2.HI/c1-15-16(2)28-19(24-15)14-23-20(21-3)22-13-17-9-11-25(12-10-17)29(26,27)18-7-5-4-6-8-18;/h4-8,17H,9-14H2,1-3H3,(H2,21,22,23);1H. The van der Waals surface area contributed by atoms with Crippen LogP contribution in [0.1, 0.15) is 28.4 Å². The maximum atomic E-state index is 12.7. The molecule has 1 aliphatic rings. The van der Waals surface area contributed by atoms with E-state index in [9.17, 15) is 8.42 Å². The van der Waals surface area contributed by atoms with Gasteiger partial charge in [-0.25, -0.2) is 13.4 Å². The summed E-state index contributed by atoms with van der Waals surface area (Å²) in [5, 5.41) is 7.71. The first-order chi connectivity index (χ1) is 13.9. The van der Waals surface area contributed by atoms with E-state index in [1.165, 1.54) is 4.88 Å². The first kappa shape index (κ1) is 25.0. The van der Waals surface area contributed by atoms with Crippen LogP contribution in [0.4, 0.5) is 0 Å². The van der Waals surface area contributed by atoms with Crippen molar-refractivity contribution in [3.05, 3.63) is 45.9 Å². The first-order valence-corrected chi connectivity index (χ1v) is 12.1. The second-order valence-corrected chi connectivity index (χ2v) is 10.4. The maximum Gasteiger partial charge on any atom is 0.243 e. The number of nitrogens with one attached hydrogen (secondary N) is 2. The van der Waals surface area contributed by atoms with Crippen LogP contribution < -0.4 is 10.6 Å². The van der Waals surface area contributed by atoms with E-state index in [2.05, 4.69) is 27.5 Å². The third-order valence-electron chi connectivity index (χ3n) is 5.22. The van der Waals surface area contributed by atoms with Gasteiger partial charge < -0.3 is 10.6 Å². The van der Waals surface area contributed by atoms with Crippen LogP contribution >= 0.6 is 35.3 Å². The number of halogens is 1. The van der Waals surface area contributed by atoms with Crippen LogP contribution in [-0.2, 0) is 16.6 Å². The number of piperidine rings is 1. The Balaban J connectivity index is 0.00000320. The average Bonchev–Trinajstić information content (AvgIpc) is 3.06. The van der Waals surface area contributed by atoms with Crippen molar-refractivity contribution in [2.75, 3.05) is 26.7 Å². The van der Waals surface area contributed by atoms with E-state index in [4.69, 9.17) is 0 Å². The highest BCUT2D eigenvalue weighted by atomic mass is 127. The predicted molar refractivity (Wildman–Crippen MR) is 133 cm³/mol. The molecule has 3 rings (SSSR count). The summed E-state index contributed by atoms with van der Waals surface area (Å²) in [6, 6.07) is 8.66. The number of guanidine groups is 1. The van der Waals surface area contributed by atoms with Gasteiger partial charge in [0.2, 0.25) is 10.0 Å². The molecule has 166 valence electrons. The molecule has 1 aromatic heterocycles. The van der Waals surface area contributed by atoms with Crippen molar-refractivity contribution in [3.63, 3.8) is 0 Å². The van der Waals surface area contributed by atoms with Gasteiger partial charge in [0.15, 0.2) is 5.96 Å². The molecule has 2 aromatic rings. The number of rotatable bonds is 6. The summed E-state index contributed by atoms with van der Waals surface area (Å²) >= 11 is 1.69. The molecule has 0 unspecified atom stereocenters. The van der Waals surface area contributed by atoms with Crippen molar-refractivity contribution in [2.45, 2.75) is 38.1 Å². The van der Waals surface area contributed by atoms with Gasteiger partial charge in [-0.3, -0.25) is 4.99 Å². The topological polar surface area (TPSA) is 86.7 Å². The zero-order chi connectivity index (χ0) is 20.9. The second kappa shape index (κ2) is 11.4. The Morgan fingerprint density at radius 1 is 1.20 bits per heavy atom. The number of thiazole rings is 1. The van der Waals surface area contributed by atoms with Crippen molar-refractivity contribution in [1.29, 1.82) is 0 Å². The molecule has 2 heterocycles. The zero-order valence-electron chi connectivity index (χ0n) is 17.6. The van der Waals surface area contributed by atoms with Gasteiger partial charge in [-0.1, -0.05) is 18.2 Å². The fraction of sp³-hybridized carbons (Fsp3) is 0.500. The summed E-state index contributed by atoms with van der Waals surface area (Å²) in [6.45, 7) is 6.61. The summed E-state index contributed by atoms with van der Waals surface area (Å²) in [6.07, 6.45) is 1.67. The lowest BCUT2D eigenvalue weighted by atomic mass is 9.98. The highest BCUT2D eigenvalue weighted by Crippen LogP contribution is 2.23. The van der Waals surface area contributed by atoms with Gasteiger partial charge in [0, 0.05) is 31.6 Å². The molecule has 7 nitrogen and oxygen atoms in total. The molecule has 1 fully saturated rings. The zero-order valence-corrected chi connectivity index (χ0v) is 21.6. The number of hydrogen-bond donors (Lipinski definition) is 2. The molecule has 1 aliphatic heterocycles. The number of aliphatic imine (C=N–C) groups is 1. The fourth-order valence-corrected chi connectivity index (χ4v) is 5.70. The first-order valence-electron chi connectivity index (χ1n) is 9.82. The molecule has 0 aliphatic carbocycles. The Morgan fingerprint density at radius 2 is 1.87 bits per heavy atom. The van der Waals surface area contributed by atoms with Gasteiger partial charge in [0.25, 0.3) is 0 Å². The SMILES string of the molecule is CN=C(NCc1nc(C)c(C)s1)NCC1CCN(S(=O)(=O)c2ccccc2)CC1.I. The van der Waals surface area contributed by atoms with Crippen molar-refractivity contribution < 1.29 is 8.42 Å². The number of aromatic nitrogens is 1. The largest absolute Gasteiger partial charge is 0.356 e. The van der Waals surface area contributed by atoms with Gasteiger partial charge >= 0.3 is 0 Å². The Hall–Kier alpha value is -1.24. The van der Waals surface area contributed by atoms with Gasteiger partial charge in [-0.2, -0.15) is 4.31 Å². The Bertz CT molecular complexity index is 920. The van der Waals surface area contributed by atoms with Crippen LogP contribution in [0.2, 0.25) is 0 Å². The summed E-state index contributed by atoms with van der Waals surface area (Å²) in [5.41, 5.74) is 1.08. The van der Waals surface area contributed by atoms with Crippen LogP contribution in [0.5, 0.6) is 0 Å². The number of hydrogen-bond acceptors (Lipinski definition) is 5. The Labute approximate surface area is 200 Å².